The van der Waals surface area contributed by atoms with Crippen LogP contribution in [-0.2, 0) is 0 Å². The fraction of sp³-hybridized carbons (Fsp3) is 0.833. The van der Waals surface area contributed by atoms with Gasteiger partial charge in [-0.25, -0.2) is 0 Å². The molecule has 1 aliphatic rings. The molecule has 1 N–H and O–H groups in total. The van der Waals surface area contributed by atoms with Crippen molar-refractivity contribution in [1.29, 1.82) is 0 Å². The van der Waals surface area contributed by atoms with Crippen LogP contribution in [0.5, 0.6) is 0 Å². The lowest BCUT2D eigenvalue weighted by Gasteiger charge is -2.17. The van der Waals surface area contributed by atoms with E-state index in [4.69, 9.17) is 0 Å². The van der Waals surface area contributed by atoms with Crippen molar-refractivity contribution in [1.82, 2.24) is 5.32 Å². The van der Waals surface area contributed by atoms with Crippen molar-refractivity contribution in [3.8, 4) is 11.8 Å². The van der Waals surface area contributed by atoms with Gasteiger partial charge in [0.25, 0.3) is 0 Å². The maximum atomic E-state index is 3.29. The molecule has 0 aromatic carbocycles. The highest BCUT2D eigenvalue weighted by molar-refractivity contribution is 4.95. The summed E-state index contributed by atoms with van der Waals surface area (Å²) in [6, 6.07) is 0. The third-order valence-corrected chi connectivity index (χ3v) is 3.10. The lowest BCUT2D eigenvalue weighted by Crippen LogP contribution is -2.21. The molecule has 0 aromatic rings. The fourth-order valence-electron chi connectivity index (χ4n) is 2.41. The lowest BCUT2D eigenvalue weighted by molar-refractivity contribution is 0.359. The van der Waals surface area contributed by atoms with Crippen LogP contribution in [0.15, 0.2) is 0 Å². The zero-order chi connectivity index (χ0) is 9.52. The normalized spacial score (nSPS) is 26.9. The Hall–Kier alpha value is -0.480. The average molecular weight is 179 g/mol. The Kier molecular flexibility index (Phi) is 4.93. The second-order valence-corrected chi connectivity index (χ2v) is 3.97. The van der Waals surface area contributed by atoms with Crippen molar-refractivity contribution in [2.24, 2.45) is 11.8 Å². The van der Waals surface area contributed by atoms with Crippen LogP contribution in [0, 0.1) is 23.7 Å². The molecule has 1 saturated carbocycles. The van der Waals surface area contributed by atoms with Crippen LogP contribution < -0.4 is 5.32 Å². The van der Waals surface area contributed by atoms with E-state index in [0.717, 1.165) is 18.3 Å². The van der Waals surface area contributed by atoms with Gasteiger partial charge in [-0.1, -0.05) is 12.8 Å². The zero-order valence-electron chi connectivity index (χ0n) is 8.90. The molecule has 13 heavy (non-hydrogen) atoms. The summed E-state index contributed by atoms with van der Waals surface area (Å²) in [7, 11) is 2.06. The van der Waals surface area contributed by atoms with Crippen LogP contribution in [-0.4, -0.2) is 13.6 Å². The highest BCUT2D eigenvalue weighted by Crippen LogP contribution is 2.34. The van der Waals surface area contributed by atoms with Gasteiger partial charge in [0, 0.05) is 6.42 Å². The monoisotopic (exact) mass is 179 g/mol. The molecule has 0 aromatic heterocycles. The van der Waals surface area contributed by atoms with E-state index in [1.165, 1.54) is 32.2 Å². The highest BCUT2D eigenvalue weighted by Gasteiger charge is 2.25. The van der Waals surface area contributed by atoms with Crippen LogP contribution in [0.25, 0.3) is 0 Å². The molecule has 2 unspecified atom stereocenters. The van der Waals surface area contributed by atoms with Crippen molar-refractivity contribution in [2.45, 2.75) is 39.0 Å². The predicted octanol–water partition coefficient (Wildman–Crippen LogP) is 2.43. The molecule has 1 nitrogen and oxygen atoms in total. The second kappa shape index (κ2) is 6.05. The first kappa shape index (κ1) is 10.6. The minimum atomic E-state index is 0.920. The predicted molar refractivity (Wildman–Crippen MR) is 57.4 cm³/mol. The van der Waals surface area contributed by atoms with Crippen molar-refractivity contribution >= 4 is 0 Å². The fourth-order valence-corrected chi connectivity index (χ4v) is 2.41. The molecule has 0 spiro atoms. The molecular formula is C12H21N. The number of hydrogen-bond acceptors (Lipinski definition) is 1. The lowest BCUT2D eigenvalue weighted by atomic mass is 9.92. The van der Waals surface area contributed by atoms with E-state index in [0.29, 0.717) is 0 Å². The summed E-state index contributed by atoms with van der Waals surface area (Å²) >= 11 is 0. The van der Waals surface area contributed by atoms with E-state index >= 15 is 0 Å². The molecule has 1 heteroatoms. The van der Waals surface area contributed by atoms with E-state index in [1.807, 2.05) is 6.92 Å². The maximum absolute atomic E-state index is 3.29. The van der Waals surface area contributed by atoms with Gasteiger partial charge in [0.1, 0.15) is 0 Å². The molecule has 1 fully saturated rings. The van der Waals surface area contributed by atoms with Gasteiger partial charge in [0.2, 0.25) is 0 Å². The standard InChI is InChI=1S/C12H21N/c1-3-4-5-7-11-8-6-9-12(11)10-13-2/h11-13H,5-10H2,1-2H3. The molecule has 0 heterocycles. The topological polar surface area (TPSA) is 12.0 Å². The van der Waals surface area contributed by atoms with E-state index in [-0.39, 0.29) is 0 Å². The Bertz CT molecular complexity index is 187. The Morgan fingerprint density at radius 3 is 2.77 bits per heavy atom. The largest absolute Gasteiger partial charge is 0.319 e. The van der Waals surface area contributed by atoms with E-state index in [2.05, 4.69) is 24.2 Å². The van der Waals surface area contributed by atoms with Gasteiger partial charge in [-0.2, -0.15) is 0 Å². The molecule has 1 rings (SSSR count). The molecule has 0 saturated heterocycles. The second-order valence-electron chi connectivity index (χ2n) is 3.97. The van der Waals surface area contributed by atoms with Gasteiger partial charge in [-0.05, 0) is 45.2 Å². The van der Waals surface area contributed by atoms with Crippen molar-refractivity contribution in [2.75, 3.05) is 13.6 Å². The third kappa shape index (κ3) is 3.40. The van der Waals surface area contributed by atoms with Gasteiger partial charge in [0.15, 0.2) is 0 Å². The molecule has 0 amide bonds. The third-order valence-electron chi connectivity index (χ3n) is 3.10. The van der Waals surface area contributed by atoms with E-state index in [9.17, 15) is 0 Å². The summed E-state index contributed by atoms with van der Waals surface area (Å²) in [4.78, 5) is 0. The zero-order valence-corrected chi connectivity index (χ0v) is 8.90. The summed E-state index contributed by atoms with van der Waals surface area (Å²) in [6.07, 6.45) is 6.69. The summed E-state index contributed by atoms with van der Waals surface area (Å²) in [5, 5.41) is 3.29. The molecular weight excluding hydrogens is 158 g/mol. The Balaban J connectivity index is 2.25. The molecule has 74 valence electrons. The van der Waals surface area contributed by atoms with Crippen molar-refractivity contribution < 1.29 is 0 Å². The number of rotatable bonds is 4. The number of nitrogens with one attached hydrogen (secondary N) is 1. The van der Waals surface area contributed by atoms with E-state index in [1.54, 1.807) is 0 Å². The summed E-state index contributed by atoms with van der Waals surface area (Å²) in [5.74, 6) is 8.00. The van der Waals surface area contributed by atoms with Crippen LogP contribution in [0.3, 0.4) is 0 Å². The quantitative estimate of drug-likeness (QED) is 0.654. The van der Waals surface area contributed by atoms with Gasteiger partial charge in [-0.15, -0.1) is 11.8 Å². The van der Waals surface area contributed by atoms with Gasteiger partial charge < -0.3 is 5.32 Å². The van der Waals surface area contributed by atoms with Crippen LogP contribution in [0.1, 0.15) is 39.0 Å². The first-order valence-electron chi connectivity index (χ1n) is 5.42. The molecule has 0 aliphatic heterocycles. The first-order chi connectivity index (χ1) is 6.38. The highest BCUT2D eigenvalue weighted by atomic mass is 14.8. The van der Waals surface area contributed by atoms with Crippen LogP contribution in [0.4, 0.5) is 0 Å². The smallest absolute Gasteiger partial charge is 0.00913 e. The van der Waals surface area contributed by atoms with Gasteiger partial charge in [-0.3, -0.25) is 0 Å². The Morgan fingerprint density at radius 1 is 1.31 bits per heavy atom. The van der Waals surface area contributed by atoms with E-state index < -0.39 is 0 Å². The molecule has 1 aliphatic carbocycles. The first-order valence-corrected chi connectivity index (χ1v) is 5.42. The maximum Gasteiger partial charge on any atom is 0.00913 e. The summed E-state index contributed by atoms with van der Waals surface area (Å²) < 4.78 is 0. The minimum absolute atomic E-state index is 0.920. The molecule has 0 bridgehead atoms. The van der Waals surface area contributed by atoms with Crippen molar-refractivity contribution in [3.63, 3.8) is 0 Å². The summed E-state index contributed by atoms with van der Waals surface area (Å²) in [5.41, 5.74) is 0. The minimum Gasteiger partial charge on any atom is -0.319 e. The Morgan fingerprint density at radius 2 is 2.08 bits per heavy atom. The average Bonchev–Trinajstić information content (AvgIpc) is 2.54. The molecule has 0 radical (unpaired) electrons. The van der Waals surface area contributed by atoms with Crippen molar-refractivity contribution in [3.05, 3.63) is 0 Å². The van der Waals surface area contributed by atoms with Crippen LogP contribution >= 0.6 is 0 Å². The van der Waals surface area contributed by atoms with Crippen LogP contribution in [0.2, 0.25) is 0 Å². The Labute approximate surface area is 82.3 Å². The SMILES string of the molecule is CC#CCCC1CCCC1CNC. The molecule has 2 atom stereocenters. The number of hydrogen-bond donors (Lipinski definition) is 1. The summed E-state index contributed by atoms with van der Waals surface area (Å²) in [6.45, 7) is 3.13. The van der Waals surface area contributed by atoms with Gasteiger partial charge in [0.05, 0.1) is 0 Å². The van der Waals surface area contributed by atoms with Gasteiger partial charge >= 0.3 is 0 Å².